The zero-order chi connectivity index (χ0) is 41.0. The molecule has 0 saturated carbocycles. The van der Waals surface area contributed by atoms with E-state index in [1.165, 1.54) is 32.7 Å². The van der Waals surface area contributed by atoms with Crippen LogP contribution in [0.2, 0.25) is 0 Å². The maximum atomic E-state index is 5.34. The Hall–Kier alpha value is -8.41. The van der Waals surface area contributed by atoms with Crippen LogP contribution in [0, 0.1) is 0 Å². The van der Waals surface area contributed by atoms with E-state index in [1.54, 1.807) is 0 Å². The molecule has 5 heteroatoms. The van der Waals surface area contributed by atoms with E-state index in [-0.39, 0.29) is 0 Å². The van der Waals surface area contributed by atoms with Crippen molar-refractivity contribution in [1.29, 1.82) is 0 Å². The van der Waals surface area contributed by atoms with E-state index >= 15 is 0 Å². The quantitative estimate of drug-likeness (QED) is 0.162. The second-order valence-corrected chi connectivity index (χ2v) is 15.6. The summed E-state index contributed by atoms with van der Waals surface area (Å²) in [6.45, 7) is 0. The molecule has 0 N–H and O–H groups in total. The largest absolute Gasteiger partial charge is 0.309 e. The smallest absolute Gasteiger partial charge is 0.166 e. The first kappa shape index (κ1) is 35.5. The van der Waals surface area contributed by atoms with E-state index in [9.17, 15) is 0 Å². The van der Waals surface area contributed by atoms with Crippen molar-refractivity contribution in [3.8, 4) is 67.8 Å². The lowest BCUT2D eigenvalue weighted by Crippen LogP contribution is -2.04. The molecule has 0 amide bonds. The Labute approximate surface area is 358 Å². The molecule has 0 aliphatic heterocycles. The van der Waals surface area contributed by atoms with E-state index in [0.29, 0.717) is 17.5 Å². The van der Waals surface area contributed by atoms with Crippen LogP contribution in [0.1, 0.15) is 0 Å². The van der Waals surface area contributed by atoms with Crippen molar-refractivity contribution < 1.29 is 0 Å². The molecule has 12 rings (SSSR count). The van der Waals surface area contributed by atoms with E-state index in [0.717, 1.165) is 61.3 Å². The van der Waals surface area contributed by atoms with Crippen molar-refractivity contribution in [3.63, 3.8) is 0 Å². The summed E-state index contributed by atoms with van der Waals surface area (Å²) in [5, 5.41) is 4.77. The Morgan fingerprint density at radius 1 is 0.274 bits per heavy atom. The maximum absolute atomic E-state index is 5.34. The lowest BCUT2D eigenvalue weighted by Gasteiger charge is -2.17. The molecule has 3 heterocycles. The second-order valence-electron chi connectivity index (χ2n) is 15.6. The molecule has 0 spiro atoms. The van der Waals surface area contributed by atoms with Crippen LogP contribution in [0.4, 0.5) is 0 Å². The van der Waals surface area contributed by atoms with Crippen LogP contribution in [0.15, 0.2) is 224 Å². The molecule has 0 saturated heterocycles. The standard InChI is InChI=1S/C57H37N5/c1-5-18-38(19-6-1)41-32-34-52-48(36-41)46-27-14-16-31-51(46)62(52)53-35-33-42(44-28-17-29-47-45-26-13-15-30-50(45)61(54(44)47)43-24-11-4-12-25-43)37-49(53)57-59-55(39-20-7-2-8-21-39)58-56(60-57)40-22-9-3-10-23-40/h1-37H. The van der Waals surface area contributed by atoms with E-state index in [4.69, 9.17) is 15.0 Å². The third-order valence-corrected chi connectivity index (χ3v) is 12.0. The molecule has 0 aliphatic carbocycles. The molecular formula is C57H37N5. The fourth-order valence-corrected chi connectivity index (χ4v) is 9.15. The first-order chi connectivity index (χ1) is 30.8. The van der Waals surface area contributed by atoms with Crippen molar-refractivity contribution in [2.45, 2.75) is 0 Å². The molecule has 12 aromatic rings. The van der Waals surface area contributed by atoms with Crippen molar-refractivity contribution in [2.75, 3.05) is 0 Å². The SMILES string of the molecule is c1ccc(-c2ccc3c(c2)c2ccccc2n3-c2ccc(-c3cccc4c5ccccc5n(-c5ccccc5)c34)cc2-c2nc(-c3ccccc3)nc(-c3ccccc3)n2)cc1. The van der Waals surface area contributed by atoms with Crippen molar-refractivity contribution in [1.82, 2.24) is 24.1 Å². The fraction of sp³-hybridized carbons (Fsp3) is 0. The predicted molar refractivity (Wildman–Crippen MR) is 256 cm³/mol. The molecule has 3 aromatic heterocycles. The first-order valence-corrected chi connectivity index (χ1v) is 21.0. The third kappa shape index (κ3) is 5.90. The fourth-order valence-electron chi connectivity index (χ4n) is 9.15. The van der Waals surface area contributed by atoms with Gasteiger partial charge in [-0.25, -0.2) is 15.0 Å². The van der Waals surface area contributed by atoms with Gasteiger partial charge in [0, 0.05) is 49.5 Å². The number of hydrogen-bond acceptors (Lipinski definition) is 3. The molecule has 0 bridgehead atoms. The van der Waals surface area contributed by atoms with Crippen LogP contribution in [-0.4, -0.2) is 24.1 Å². The van der Waals surface area contributed by atoms with Crippen LogP contribution in [0.3, 0.4) is 0 Å². The number of hydrogen-bond donors (Lipinski definition) is 0. The minimum absolute atomic E-state index is 0.595. The van der Waals surface area contributed by atoms with Crippen molar-refractivity contribution in [2.24, 2.45) is 0 Å². The summed E-state index contributed by atoms with van der Waals surface area (Å²) in [6, 6.07) is 79.3. The maximum Gasteiger partial charge on any atom is 0.166 e. The van der Waals surface area contributed by atoms with E-state index in [1.807, 2.05) is 36.4 Å². The average molecular weight is 792 g/mol. The van der Waals surface area contributed by atoms with Gasteiger partial charge in [-0.15, -0.1) is 0 Å². The van der Waals surface area contributed by atoms with Crippen LogP contribution in [0.25, 0.3) is 111 Å². The molecule has 5 nitrogen and oxygen atoms in total. The summed E-state index contributed by atoms with van der Waals surface area (Å²) in [5.74, 6) is 1.83. The van der Waals surface area contributed by atoms with Gasteiger partial charge in [0.05, 0.1) is 27.8 Å². The van der Waals surface area contributed by atoms with E-state index < -0.39 is 0 Å². The van der Waals surface area contributed by atoms with Gasteiger partial charge in [0.2, 0.25) is 0 Å². The van der Waals surface area contributed by atoms with Gasteiger partial charge in [-0.05, 0) is 65.2 Å². The van der Waals surface area contributed by atoms with Crippen LogP contribution >= 0.6 is 0 Å². The Kier molecular flexibility index (Phi) is 8.42. The first-order valence-electron chi connectivity index (χ1n) is 21.0. The average Bonchev–Trinajstić information content (AvgIpc) is 3.87. The van der Waals surface area contributed by atoms with Gasteiger partial charge in [0.15, 0.2) is 17.5 Å². The molecule has 290 valence electrons. The van der Waals surface area contributed by atoms with Crippen LogP contribution in [0.5, 0.6) is 0 Å². The summed E-state index contributed by atoms with van der Waals surface area (Å²) in [7, 11) is 0. The minimum atomic E-state index is 0.595. The van der Waals surface area contributed by atoms with Crippen molar-refractivity contribution in [3.05, 3.63) is 224 Å². The number of aromatic nitrogens is 5. The lowest BCUT2D eigenvalue weighted by molar-refractivity contribution is 1.06. The highest BCUT2D eigenvalue weighted by Gasteiger charge is 2.22. The zero-order valence-electron chi connectivity index (χ0n) is 33.6. The molecule has 0 fully saturated rings. The van der Waals surface area contributed by atoms with E-state index in [2.05, 4.69) is 197 Å². The van der Waals surface area contributed by atoms with Crippen LogP contribution < -0.4 is 0 Å². The number of nitrogens with zero attached hydrogens (tertiary/aromatic N) is 5. The molecule has 0 atom stereocenters. The summed E-state index contributed by atoms with van der Waals surface area (Å²) in [6.07, 6.45) is 0. The lowest BCUT2D eigenvalue weighted by atomic mass is 9.98. The highest BCUT2D eigenvalue weighted by atomic mass is 15.1. The molecular weight excluding hydrogens is 755 g/mol. The van der Waals surface area contributed by atoms with Gasteiger partial charge in [-0.3, -0.25) is 0 Å². The summed E-state index contributed by atoms with van der Waals surface area (Å²) < 4.78 is 4.78. The van der Waals surface area contributed by atoms with Gasteiger partial charge < -0.3 is 9.13 Å². The zero-order valence-corrected chi connectivity index (χ0v) is 33.6. The summed E-state index contributed by atoms with van der Waals surface area (Å²) >= 11 is 0. The van der Waals surface area contributed by atoms with Crippen LogP contribution in [-0.2, 0) is 0 Å². The Morgan fingerprint density at radius 2 is 0.774 bits per heavy atom. The van der Waals surface area contributed by atoms with Gasteiger partial charge in [-0.1, -0.05) is 176 Å². The molecule has 62 heavy (non-hydrogen) atoms. The van der Waals surface area contributed by atoms with Gasteiger partial charge in [0.1, 0.15) is 0 Å². The highest BCUT2D eigenvalue weighted by molar-refractivity contribution is 6.14. The normalized spacial score (nSPS) is 11.5. The molecule has 0 unspecified atom stereocenters. The topological polar surface area (TPSA) is 48.5 Å². The second kappa shape index (κ2) is 14.7. The molecule has 9 aromatic carbocycles. The number of fused-ring (bicyclic) bond motifs is 6. The van der Waals surface area contributed by atoms with Crippen molar-refractivity contribution >= 4 is 43.6 Å². The third-order valence-electron chi connectivity index (χ3n) is 12.0. The monoisotopic (exact) mass is 791 g/mol. The number of rotatable bonds is 7. The van der Waals surface area contributed by atoms with Gasteiger partial charge in [0.25, 0.3) is 0 Å². The van der Waals surface area contributed by atoms with Gasteiger partial charge in [-0.2, -0.15) is 0 Å². The predicted octanol–water partition coefficient (Wildman–Crippen LogP) is 14.4. The molecule has 0 radical (unpaired) electrons. The Morgan fingerprint density at radius 3 is 1.44 bits per heavy atom. The Balaban J connectivity index is 1.17. The number of para-hydroxylation sites is 4. The Bertz CT molecular complexity index is 3550. The highest BCUT2D eigenvalue weighted by Crippen LogP contribution is 2.42. The van der Waals surface area contributed by atoms with Gasteiger partial charge >= 0.3 is 0 Å². The number of benzene rings is 9. The summed E-state index contributed by atoms with van der Waals surface area (Å²) in [5.41, 5.74) is 13.9. The molecule has 0 aliphatic rings. The minimum Gasteiger partial charge on any atom is -0.309 e. The summed E-state index contributed by atoms with van der Waals surface area (Å²) in [4.78, 5) is 15.8.